The number of imide groups is 1. The number of urea groups is 1. The third-order valence-electron chi connectivity index (χ3n) is 2.48. The predicted octanol–water partition coefficient (Wildman–Crippen LogP) is 0.725. The van der Waals surface area contributed by atoms with Crippen LogP contribution in [-0.4, -0.2) is 29.1 Å². The Morgan fingerprint density at radius 2 is 1.94 bits per heavy atom. The molecule has 1 aliphatic heterocycles. The molecule has 1 fully saturated rings. The standard InChI is InChI=1S/C11H9FN2O4/c12-6-1-3-7(4-2-6)14-10(17)8(5-9(15)16)13-11(14)18/h1-4,8H,5H2,(H,13,18)(H,15,16)/t8-/m1/s1. The number of amides is 3. The van der Waals surface area contributed by atoms with Crippen LogP contribution in [0.25, 0.3) is 0 Å². The normalized spacial score (nSPS) is 18.9. The zero-order valence-electron chi connectivity index (χ0n) is 9.09. The predicted molar refractivity (Wildman–Crippen MR) is 58.5 cm³/mol. The fraction of sp³-hybridized carbons (Fsp3) is 0.182. The van der Waals surface area contributed by atoms with Crippen LogP contribution in [0.1, 0.15) is 6.42 Å². The molecular formula is C11H9FN2O4. The molecule has 0 bridgehead atoms. The number of aliphatic carboxylic acids is 1. The first-order valence-electron chi connectivity index (χ1n) is 5.11. The Kier molecular flexibility index (Phi) is 2.97. The number of carboxylic acid groups (broad SMARTS) is 1. The molecule has 0 aliphatic carbocycles. The lowest BCUT2D eigenvalue weighted by molar-refractivity contribution is -0.139. The van der Waals surface area contributed by atoms with E-state index in [1.165, 1.54) is 12.1 Å². The highest BCUT2D eigenvalue weighted by Gasteiger charge is 2.39. The summed E-state index contributed by atoms with van der Waals surface area (Å²) in [6, 6.07) is 2.98. The van der Waals surface area contributed by atoms with E-state index < -0.39 is 36.2 Å². The van der Waals surface area contributed by atoms with E-state index >= 15 is 0 Å². The van der Waals surface area contributed by atoms with Gasteiger partial charge in [0.2, 0.25) is 0 Å². The second-order valence-corrected chi connectivity index (χ2v) is 3.75. The monoisotopic (exact) mass is 252 g/mol. The second kappa shape index (κ2) is 4.44. The van der Waals surface area contributed by atoms with Crippen molar-refractivity contribution in [3.63, 3.8) is 0 Å². The van der Waals surface area contributed by atoms with Gasteiger partial charge in [-0.3, -0.25) is 9.59 Å². The quantitative estimate of drug-likeness (QED) is 0.776. The number of hydrogen-bond acceptors (Lipinski definition) is 3. The van der Waals surface area contributed by atoms with Crippen molar-refractivity contribution < 1.29 is 23.9 Å². The molecule has 0 unspecified atom stereocenters. The Bertz CT molecular complexity index is 514. The van der Waals surface area contributed by atoms with Crippen LogP contribution in [0.5, 0.6) is 0 Å². The van der Waals surface area contributed by atoms with Crippen molar-refractivity contribution in [3.8, 4) is 0 Å². The van der Waals surface area contributed by atoms with E-state index in [1.54, 1.807) is 0 Å². The lowest BCUT2D eigenvalue weighted by atomic mass is 10.2. The van der Waals surface area contributed by atoms with Crippen LogP contribution in [0.4, 0.5) is 14.9 Å². The third-order valence-corrected chi connectivity index (χ3v) is 2.48. The summed E-state index contributed by atoms with van der Waals surface area (Å²) >= 11 is 0. The van der Waals surface area contributed by atoms with Gasteiger partial charge in [-0.15, -0.1) is 0 Å². The molecule has 6 nitrogen and oxygen atoms in total. The number of anilines is 1. The first-order chi connectivity index (χ1) is 8.49. The number of benzene rings is 1. The van der Waals surface area contributed by atoms with Crippen LogP contribution < -0.4 is 10.2 Å². The highest BCUT2D eigenvalue weighted by atomic mass is 19.1. The molecule has 1 heterocycles. The number of nitrogens with one attached hydrogen (secondary N) is 1. The topological polar surface area (TPSA) is 86.7 Å². The highest BCUT2D eigenvalue weighted by molar-refractivity contribution is 6.21. The number of rotatable bonds is 3. The van der Waals surface area contributed by atoms with E-state index in [9.17, 15) is 18.8 Å². The van der Waals surface area contributed by atoms with Crippen molar-refractivity contribution >= 4 is 23.6 Å². The fourth-order valence-corrected chi connectivity index (χ4v) is 1.68. The van der Waals surface area contributed by atoms with E-state index in [1.807, 2.05) is 0 Å². The Hall–Kier alpha value is -2.44. The maximum absolute atomic E-state index is 12.7. The Morgan fingerprint density at radius 1 is 1.33 bits per heavy atom. The Morgan fingerprint density at radius 3 is 2.50 bits per heavy atom. The average Bonchev–Trinajstić information content (AvgIpc) is 2.55. The van der Waals surface area contributed by atoms with Crippen LogP contribution >= 0.6 is 0 Å². The Balaban J connectivity index is 2.24. The molecule has 1 saturated heterocycles. The van der Waals surface area contributed by atoms with Crippen LogP contribution in [0, 0.1) is 5.82 Å². The van der Waals surface area contributed by atoms with E-state index in [0.717, 1.165) is 17.0 Å². The summed E-state index contributed by atoms with van der Waals surface area (Å²) in [6.07, 6.45) is -0.484. The SMILES string of the molecule is O=C(O)C[C@H]1NC(=O)N(c2ccc(F)cc2)C1=O. The van der Waals surface area contributed by atoms with Gasteiger partial charge in [0.25, 0.3) is 5.91 Å². The van der Waals surface area contributed by atoms with Crippen LogP contribution in [0.2, 0.25) is 0 Å². The van der Waals surface area contributed by atoms with Gasteiger partial charge in [-0.05, 0) is 24.3 Å². The van der Waals surface area contributed by atoms with E-state index in [-0.39, 0.29) is 5.69 Å². The molecule has 7 heteroatoms. The molecule has 0 radical (unpaired) electrons. The summed E-state index contributed by atoms with van der Waals surface area (Å²) in [7, 11) is 0. The van der Waals surface area contributed by atoms with Gasteiger partial charge in [-0.1, -0.05) is 0 Å². The molecule has 94 valence electrons. The van der Waals surface area contributed by atoms with Gasteiger partial charge in [-0.2, -0.15) is 0 Å². The van der Waals surface area contributed by atoms with Gasteiger partial charge >= 0.3 is 12.0 Å². The number of carboxylic acids is 1. The fourth-order valence-electron chi connectivity index (χ4n) is 1.68. The van der Waals surface area contributed by atoms with E-state index in [0.29, 0.717) is 0 Å². The maximum Gasteiger partial charge on any atom is 0.329 e. The van der Waals surface area contributed by atoms with Gasteiger partial charge in [0.1, 0.15) is 11.9 Å². The molecule has 2 rings (SSSR count). The van der Waals surface area contributed by atoms with Crippen molar-refractivity contribution in [2.24, 2.45) is 0 Å². The number of halogens is 1. The molecule has 1 aliphatic rings. The second-order valence-electron chi connectivity index (χ2n) is 3.75. The molecule has 0 saturated carbocycles. The zero-order chi connectivity index (χ0) is 13.3. The molecule has 1 atom stereocenters. The van der Waals surface area contributed by atoms with Gasteiger partial charge in [0.05, 0.1) is 12.1 Å². The van der Waals surface area contributed by atoms with Gasteiger partial charge < -0.3 is 10.4 Å². The third kappa shape index (κ3) is 2.15. The molecule has 3 amide bonds. The largest absolute Gasteiger partial charge is 0.481 e. The lowest BCUT2D eigenvalue weighted by Crippen LogP contribution is -2.32. The summed E-state index contributed by atoms with van der Waals surface area (Å²) in [5, 5.41) is 10.9. The van der Waals surface area contributed by atoms with Crippen molar-refractivity contribution in [2.45, 2.75) is 12.5 Å². The highest BCUT2D eigenvalue weighted by Crippen LogP contribution is 2.20. The molecule has 0 aromatic heterocycles. The summed E-state index contributed by atoms with van der Waals surface area (Å²) in [6.45, 7) is 0. The molecule has 0 spiro atoms. The van der Waals surface area contributed by atoms with E-state index in [2.05, 4.69) is 5.32 Å². The average molecular weight is 252 g/mol. The summed E-state index contributed by atoms with van der Waals surface area (Å²) < 4.78 is 12.7. The van der Waals surface area contributed by atoms with Gasteiger partial charge in [-0.25, -0.2) is 14.1 Å². The van der Waals surface area contributed by atoms with Crippen LogP contribution in [0.15, 0.2) is 24.3 Å². The minimum Gasteiger partial charge on any atom is -0.481 e. The minimum atomic E-state index is -1.19. The molecule has 18 heavy (non-hydrogen) atoms. The summed E-state index contributed by atoms with van der Waals surface area (Å²) in [4.78, 5) is 34.7. The number of hydrogen-bond donors (Lipinski definition) is 2. The van der Waals surface area contributed by atoms with Gasteiger partial charge in [0, 0.05) is 0 Å². The molecule has 1 aromatic carbocycles. The van der Waals surface area contributed by atoms with Crippen molar-refractivity contribution in [1.29, 1.82) is 0 Å². The van der Waals surface area contributed by atoms with Crippen LogP contribution in [-0.2, 0) is 9.59 Å². The van der Waals surface area contributed by atoms with Crippen molar-refractivity contribution in [3.05, 3.63) is 30.1 Å². The van der Waals surface area contributed by atoms with E-state index in [4.69, 9.17) is 5.11 Å². The minimum absolute atomic E-state index is 0.201. The number of nitrogens with zero attached hydrogens (tertiary/aromatic N) is 1. The van der Waals surface area contributed by atoms with Gasteiger partial charge in [0.15, 0.2) is 0 Å². The lowest BCUT2D eigenvalue weighted by Gasteiger charge is -2.12. The first-order valence-corrected chi connectivity index (χ1v) is 5.11. The summed E-state index contributed by atoms with van der Waals surface area (Å²) in [5.74, 6) is -2.34. The first kappa shape index (κ1) is 12.0. The number of carbonyl (C=O) groups excluding carboxylic acids is 2. The summed E-state index contributed by atoms with van der Waals surface area (Å²) in [5.41, 5.74) is 0.201. The Labute approximate surface area is 101 Å². The molecular weight excluding hydrogens is 243 g/mol. The smallest absolute Gasteiger partial charge is 0.329 e. The van der Waals surface area contributed by atoms with Crippen molar-refractivity contribution in [2.75, 3.05) is 4.90 Å². The number of carbonyl (C=O) groups is 3. The van der Waals surface area contributed by atoms with Crippen LogP contribution in [0.3, 0.4) is 0 Å². The zero-order valence-corrected chi connectivity index (χ0v) is 9.09. The van der Waals surface area contributed by atoms with Crippen molar-refractivity contribution in [1.82, 2.24) is 5.32 Å². The molecule has 2 N–H and O–H groups in total. The maximum atomic E-state index is 12.7. The molecule has 1 aromatic rings.